The fraction of sp³-hybridized carbons (Fsp3) is 0.209. The summed E-state index contributed by atoms with van der Waals surface area (Å²) in [5.41, 5.74) is 7.99. The van der Waals surface area contributed by atoms with Gasteiger partial charge in [0.25, 0.3) is 5.91 Å². The molecule has 51 heavy (non-hydrogen) atoms. The number of phenols is 1. The summed E-state index contributed by atoms with van der Waals surface area (Å²) in [6, 6.07) is 31.0. The van der Waals surface area contributed by atoms with Gasteiger partial charge in [0.1, 0.15) is 12.0 Å². The fourth-order valence-electron chi connectivity index (χ4n) is 4.11. The van der Waals surface area contributed by atoms with Crippen LogP contribution in [0.2, 0.25) is 0 Å². The fourth-order valence-corrected chi connectivity index (χ4v) is 4.11. The normalized spacial score (nSPS) is 9.57. The zero-order valence-corrected chi connectivity index (χ0v) is 31.9. The number of carboxylic acids is 1. The van der Waals surface area contributed by atoms with Crippen molar-refractivity contribution in [2.24, 2.45) is 0 Å². The number of aromatic hydroxyl groups is 1. The second-order valence-electron chi connectivity index (χ2n) is 10.9. The summed E-state index contributed by atoms with van der Waals surface area (Å²) < 4.78 is 0. The van der Waals surface area contributed by atoms with Gasteiger partial charge in [-0.25, -0.2) is 9.86 Å². The number of phenolic OH excluding ortho intramolecular Hbond substituents is 1. The van der Waals surface area contributed by atoms with Gasteiger partial charge in [-0.1, -0.05) is 102 Å². The Hall–Kier alpha value is -5.05. The number of carbonyl (C=O) groups excluding carboxylic acids is 2. The Balaban J connectivity index is 0. The molecule has 0 spiro atoms. The quantitative estimate of drug-likeness (QED) is 0.0417. The summed E-state index contributed by atoms with van der Waals surface area (Å²) in [6.07, 6.45) is 15.1. The number of likely N-dealkylation sites (N-methyl/N-ethyl adjacent to an activating group) is 1. The molecule has 0 aromatic heterocycles. The molecule has 0 saturated heterocycles. The maximum Gasteiger partial charge on any atom is 0.328 e. The maximum absolute atomic E-state index is 11.3. The molecule has 4 aromatic carbocycles. The van der Waals surface area contributed by atoms with E-state index >= 15 is 0 Å². The van der Waals surface area contributed by atoms with Gasteiger partial charge in [-0.05, 0) is 80.2 Å². The van der Waals surface area contributed by atoms with E-state index in [0.29, 0.717) is 12.0 Å². The number of amides is 1. The number of rotatable bonds is 10. The zero-order valence-electron chi connectivity index (χ0n) is 30.3. The van der Waals surface area contributed by atoms with Crippen molar-refractivity contribution < 1.29 is 49.9 Å². The number of carbonyl (C=O) groups is 3. The van der Waals surface area contributed by atoms with E-state index in [-0.39, 0.29) is 39.5 Å². The summed E-state index contributed by atoms with van der Waals surface area (Å²) in [4.78, 5) is 36.3. The first kappa shape index (κ1) is 48.1. The second-order valence-corrected chi connectivity index (χ2v) is 10.9. The van der Waals surface area contributed by atoms with Gasteiger partial charge in [0.2, 0.25) is 0 Å². The Morgan fingerprint density at radius 1 is 0.784 bits per heavy atom. The molecular formula is C43H50NO6Pd-. The first-order chi connectivity index (χ1) is 23.5. The molecule has 7 nitrogen and oxygen atoms in total. The van der Waals surface area contributed by atoms with Crippen LogP contribution in [0.25, 0.3) is 12.2 Å². The van der Waals surface area contributed by atoms with Crippen LogP contribution in [0, 0.1) is 40.5 Å². The van der Waals surface area contributed by atoms with Crippen LogP contribution in [0.15, 0.2) is 109 Å². The van der Waals surface area contributed by atoms with Gasteiger partial charge in [0, 0.05) is 52.5 Å². The Kier molecular flexibility index (Phi) is 27.1. The van der Waals surface area contributed by atoms with Crippen LogP contribution >= 0.6 is 0 Å². The van der Waals surface area contributed by atoms with Crippen molar-refractivity contribution in [2.75, 3.05) is 14.2 Å². The molecule has 274 valence electrons. The first-order valence-electron chi connectivity index (χ1n) is 15.7. The predicted octanol–water partition coefficient (Wildman–Crippen LogP) is 8.65. The van der Waals surface area contributed by atoms with E-state index < -0.39 is 5.97 Å². The number of hydroxylamine groups is 2. The minimum absolute atomic E-state index is 0. The van der Waals surface area contributed by atoms with Crippen LogP contribution in [-0.4, -0.2) is 47.6 Å². The van der Waals surface area contributed by atoms with Crippen molar-refractivity contribution in [1.29, 1.82) is 0 Å². The van der Waals surface area contributed by atoms with E-state index in [1.165, 1.54) is 64.3 Å². The van der Waals surface area contributed by atoms with Crippen LogP contribution in [0.3, 0.4) is 0 Å². The third-order valence-corrected chi connectivity index (χ3v) is 6.61. The van der Waals surface area contributed by atoms with E-state index in [2.05, 4.69) is 62.2 Å². The summed E-state index contributed by atoms with van der Waals surface area (Å²) >= 11 is 0. The largest absolute Gasteiger partial charge is 0.508 e. The average Bonchev–Trinajstić information content (AvgIpc) is 3.08. The zero-order chi connectivity index (χ0) is 36.4. The Morgan fingerprint density at radius 2 is 1.27 bits per heavy atom. The van der Waals surface area contributed by atoms with Crippen LogP contribution in [0.4, 0.5) is 0 Å². The number of terminal acetylenes is 1. The van der Waals surface area contributed by atoms with Crippen LogP contribution in [0.1, 0.15) is 51.8 Å². The molecule has 0 bridgehead atoms. The molecule has 4 rings (SSSR count). The summed E-state index contributed by atoms with van der Waals surface area (Å²) in [5.74, 6) is 1.58. The Labute approximate surface area is 318 Å². The average molecular weight is 783 g/mol. The van der Waals surface area contributed by atoms with Crippen molar-refractivity contribution in [3.05, 3.63) is 156 Å². The third-order valence-electron chi connectivity index (χ3n) is 6.61. The van der Waals surface area contributed by atoms with Gasteiger partial charge in [-0.15, -0.1) is 12.3 Å². The Bertz CT molecular complexity index is 1710. The molecule has 0 atom stereocenters. The smallest absolute Gasteiger partial charge is 0.328 e. The number of aldehydes is 1. The minimum Gasteiger partial charge on any atom is -0.508 e. The number of aryl methyl sites for hydroxylation is 5. The summed E-state index contributed by atoms with van der Waals surface area (Å²) in [5, 5.41) is 18.5. The number of benzene rings is 4. The molecule has 0 fully saturated rings. The monoisotopic (exact) mass is 782 g/mol. The van der Waals surface area contributed by atoms with Crippen LogP contribution in [0.5, 0.6) is 5.75 Å². The second kappa shape index (κ2) is 28.8. The number of nitrogens with zero attached hydrogens (tertiary/aromatic N) is 1. The van der Waals surface area contributed by atoms with Crippen molar-refractivity contribution in [2.45, 2.75) is 46.5 Å². The van der Waals surface area contributed by atoms with E-state index in [9.17, 15) is 14.4 Å². The first-order valence-corrected chi connectivity index (χ1v) is 15.7. The number of carboxylic acid groups (broad SMARTS) is 1. The van der Waals surface area contributed by atoms with Crippen LogP contribution in [-0.2, 0) is 52.5 Å². The maximum atomic E-state index is 11.3. The SMILES string of the molecule is C#CCCc1cccc(C)c1.CON(C)C(=O)/C=C/c1cccc(C)c1.Cc1cccc(CCC=O)c1.O=C(O)/C=C/c1cccc(O)c1.[CH3-].[Pd]. The summed E-state index contributed by atoms with van der Waals surface area (Å²) in [7, 11) is 3.03. The standard InChI is InChI=1S/C12H15NO2.C11H12.C10H12O.C9H8O3.CH3.Pd/c1-10-5-4-6-11(9-10)7-8-12(14)13(2)15-3;1-3-4-7-11-8-5-6-10(2)9-11;1-9-4-2-5-10(8-9)6-3-7-11;10-8-3-1-2-7(6-8)4-5-9(11)12;;/h4-9H,1-3H3;1,5-6,8-9H,4,7H2,2H3;2,4-5,7-8H,3,6H2,1H3;1-6,10H,(H,11,12);1H3;/q;;;;-1;/b8-7+;;;5-4+;;. The van der Waals surface area contributed by atoms with Crippen LogP contribution < -0.4 is 0 Å². The number of aliphatic carboxylic acids is 1. The molecule has 4 aromatic rings. The van der Waals surface area contributed by atoms with Crippen molar-refractivity contribution >= 4 is 30.3 Å². The Morgan fingerprint density at radius 3 is 1.75 bits per heavy atom. The minimum atomic E-state index is -1.00. The predicted molar refractivity (Wildman–Crippen MR) is 205 cm³/mol. The van der Waals surface area contributed by atoms with Gasteiger partial charge >= 0.3 is 5.97 Å². The molecular weight excluding hydrogens is 733 g/mol. The van der Waals surface area contributed by atoms with Crippen molar-refractivity contribution in [3.8, 4) is 18.1 Å². The molecule has 0 aliphatic rings. The molecule has 0 aliphatic carbocycles. The van der Waals surface area contributed by atoms with E-state index in [1.807, 2.05) is 37.3 Å². The molecule has 2 N–H and O–H groups in total. The summed E-state index contributed by atoms with van der Waals surface area (Å²) in [6.45, 7) is 6.17. The van der Waals surface area contributed by atoms with E-state index in [1.54, 1.807) is 25.3 Å². The molecule has 0 saturated carbocycles. The van der Waals surface area contributed by atoms with Gasteiger partial charge in [0.05, 0.1) is 7.11 Å². The van der Waals surface area contributed by atoms with Gasteiger partial charge in [0.15, 0.2) is 0 Å². The van der Waals surface area contributed by atoms with E-state index in [4.69, 9.17) is 21.5 Å². The number of hydrogen-bond donors (Lipinski definition) is 2. The van der Waals surface area contributed by atoms with Crippen molar-refractivity contribution in [3.63, 3.8) is 0 Å². The molecule has 0 aliphatic heterocycles. The molecule has 1 amide bonds. The molecule has 0 unspecified atom stereocenters. The van der Waals surface area contributed by atoms with Gasteiger partial charge in [-0.3, -0.25) is 9.63 Å². The molecule has 0 radical (unpaired) electrons. The molecule has 0 heterocycles. The topological polar surface area (TPSA) is 104 Å². The number of hydrogen-bond acceptors (Lipinski definition) is 5. The molecule has 8 heteroatoms. The van der Waals surface area contributed by atoms with Crippen molar-refractivity contribution in [1.82, 2.24) is 5.06 Å². The third kappa shape index (κ3) is 23.9. The van der Waals surface area contributed by atoms with Gasteiger partial charge < -0.3 is 22.4 Å². The van der Waals surface area contributed by atoms with Gasteiger partial charge in [-0.2, -0.15) is 0 Å². The van der Waals surface area contributed by atoms with E-state index in [0.717, 1.165) is 37.2 Å².